The summed E-state index contributed by atoms with van der Waals surface area (Å²) in [5.41, 5.74) is 1.18. The normalized spacial score (nSPS) is 19.1. The van der Waals surface area contributed by atoms with Crippen molar-refractivity contribution in [2.75, 3.05) is 54.0 Å². The van der Waals surface area contributed by atoms with Crippen LogP contribution in [0.2, 0.25) is 5.02 Å². The highest BCUT2D eigenvalue weighted by Crippen LogP contribution is 2.24. The summed E-state index contributed by atoms with van der Waals surface area (Å²) in [6, 6.07) is 8.06. The molecule has 0 saturated carbocycles. The number of nitrogens with zero attached hydrogens (tertiary/aromatic N) is 6. The molecule has 26 heavy (non-hydrogen) atoms. The number of aromatic nitrogens is 3. The van der Waals surface area contributed by atoms with Crippen LogP contribution in [0.25, 0.3) is 0 Å². The summed E-state index contributed by atoms with van der Waals surface area (Å²) >= 11 is 6.12. The molecule has 0 spiro atoms. The van der Waals surface area contributed by atoms with Crippen LogP contribution in [0.3, 0.4) is 0 Å². The molecule has 0 N–H and O–H groups in total. The third-order valence-corrected chi connectivity index (χ3v) is 5.61. The predicted octanol–water partition coefficient (Wildman–Crippen LogP) is 3.09. The van der Waals surface area contributed by atoms with Crippen LogP contribution in [0, 0.1) is 5.92 Å². The minimum absolute atomic E-state index is 0.770. The van der Waals surface area contributed by atoms with Crippen LogP contribution >= 0.6 is 11.6 Å². The molecule has 0 radical (unpaired) electrons. The fourth-order valence-corrected chi connectivity index (χ4v) is 3.83. The van der Waals surface area contributed by atoms with Gasteiger partial charge in [0.2, 0.25) is 5.95 Å². The van der Waals surface area contributed by atoms with Crippen molar-refractivity contribution in [3.05, 3.63) is 35.5 Å². The second-order valence-corrected chi connectivity index (χ2v) is 7.67. The first kappa shape index (κ1) is 17.3. The molecule has 1 aromatic heterocycles. The Hall–Kier alpha value is -2.08. The maximum atomic E-state index is 6.12. The van der Waals surface area contributed by atoms with E-state index in [1.165, 1.54) is 18.5 Å². The molecule has 7 heteroatoms. The zero-order valence-electron chi connectivity index (χ0n) is 15.2. The van der Waals surface area contributed by atoms with E-state index >= 15 is 0 Å². The van der Waals surface area contributed by atoms with Crippen molar-refractivity contribution in [2.24, 2.45) is 5.92 Å². The minimum atomic E-state index is 0.770. The highest BCUT2D eigenvalue weighted by molar-refractivity contribution is 6.30. The lowest BCUT2D eigenvalue weighted by molar-refractivity contribution is 0.433. The van der Waals surface area contributed by atoms with Gasteiger partial charge in [0, 0.05) is 50.0 Å². The lowest BCUT2D eigenvalue weighted by Crippen LogP contribution is -2.47. The maximum Gasteiger partial charge on any atom is 0.247 e. The number of rotatable bonds is 3. The summed E-state index contributed by atoms with van der Waals surface area (Å²) in [4.78, 5) is 11.7. The fourth-order valence-electron chi connectivity index (χ4n) is 3.65. The first-order valence-electron chi connectivity index (χ1n) is 9.39. The number of halogens is 1. The van der Waals surface area contributed by atoms with Gasteiger partial charge in [-0.25, -0.2) is 0 Å². The Morgan fingerprint density at radius 3 is 2.42 bits per heavy atom. The van der Waals surface area contributed by atoms with Crippen LogP contribution in [-0.4, -0.2) is 54.4 Å². The van der Waals surface area contributed by atoms with Crippen LogP contribution in [0.5, 0.6) is 0 Å². The zero-order valence-corrected chi connectivity index (χ0v) is 15.9. The Balaban J connectivity index is 1.41. The molecular weight excluding hydrogens is 348 g/mol. The molecule has 3 heterocycles. The highest BCUT2D eigenvalue weighted by Gasteiger charge is 2.22. The van der Waals surface area contributed by atoms with E-state index in [0.29, 0.717) is 0 Å². The monoisotopic (exact) mass is 372 g/mol. The van der Waals surface area contributed by atoms with Gasteiger partial charge in [-0.3, -0.25) is 0 Å². The lowest BCUT2D eigenvalue weighted by atomic mass is 10.00. The van der Waals surface area contributed by atoms with Crippen molar-refractivity contribution >= 4 is 29.1 Å². The molecule has 6 nitrogen and oxygen atoms in total. The Labute approximate surface area is 159 Å². The zero-order chi connectivity index (χ0) is 17.9. The van der Waals surface area contributed by atoms with Crippen LogP contribution in [-0.2, 0) is 0 Å². The molecule has 0 aliphatic carbocycles. The van der Waals surface area contributed by atoms with Crippen LogP contribution in [0.1, 0.15) is 19.8 Å². The SMILES string of the molecule is CC1CCN(c2nncc(N3CCN(c4cccc(Cl)c4)CC3)n2)CC1. The summed E-state index contributed by atoms with van der Waals surface area (Å²) in [7, 11) is 0. The van der Waals surface area contributed by atoms with Crippen molar-refractivity contribution in [3.8, 4) is 0 Å². The molecule has 4 rings (SSSR count). The van der Waals surface area contributed by atoms with E-state index in [2.05, 4.69) is 37.9 Å². The summed E-state index contributed by atoms with van der Waals surface area (Å²) in [6.45, 7) is 8.08. The van der Waals surface area contributed by atoms with E-state index in [9.17, 15) is 0 Å². The van der Waals surface area contributed by atoms with E-state index in [4.69, 9.17) is 16.6 Å². The van der Waals surface area contributed by atoms with Crippen LogP contribution in [0.15, 0.2) is 30.5 Å². The quantitative estimate of drug-likeness (QED) is 0.825. The molecule has 0 atom stereocenters. The first-order chi connectivity index (χ1) is 12.7. The maximum absolute atomic E-state index is 6.12. The molecule has 2 aliphatic rings. The van der Waals surface area contributed by atoms with Gasteiger partial charge >= 0.3 is 0 Å². The van der Waals surface area contributed by atoms with Crippen LogP contribution < -0.4 is 14.7 Å². The van der Waals surface area contributed by atoms with Gasteiger partial charge in [0.25, 0.3) is 0 Å². The van der Waals surface area contributed by atoms with E-state index in [1.54, 1.807) is 6.20 Å². The molecular formula is C19H25ClN6. The molecule has 2 saturated heterocycles. The van der Waals surface area contributed by atoms with E-state index < -0.39 is 0 Å². The third-order valence-electron chi connectivity index (χ3n) is 5.38. The largest absolute Gasteiger partial charge is 0.368 e. The predicted molar refractivity (Wildman–Crippen MR) is 106 cm³/mol. The van der Waals surface area contributed by atoms with Gasteiger partial charge < -0.3 is 14.7 Å². The molecule has 2 aliphatic heterocycles. The lowest BCUT2D eigenvalue weighted by Gasteiger charge is -2.37. The topological polar surface area (TPSA) is 48.4 Å². The molecule has 2 aromatic rings. The van der Waals surface area contributed by atoms with Gasteiger partial charge in [-0.2, -0.15) is 10.1 Å². The average Bonchev–Trinajstić information content (AvgIpc) is 2.69. The van der Waals surface area contributed by atoms with Crippen molar-refractivity contribution in [2.45, 2.75) is 19.8 Å². The first-order valence-corrected chi connectivity index (χ1v) is 9.77. The molecule has 2 fully saturated rings. The number of piperidine rings is 1. The van der Waals surface area contributed by atoms with Gasteiger partial charge in [0.15, 0.2) is 5.82 Å². The molecule has 138 valence electrons. The van der Waals surface area contributed by atoms with Gasteiger partial charge in [0.05, 0.1) is 6.20 Å². The Kier molecular flexibility index (Phi) is 5.11. The molecule has 0 bridgehead atoms. The number of hydrogen-bond acceptors (Lipinski definition) is 6. The second kappa shape index (κ2) is 7.66. The van der Waals surface area contributed by atoms with E-state index in [1.807, 2.05) is 18.2 Å². The average molecular weight is 373 g/mol. The standard InChI is InChI=1S/C19H25ClN6/c1-15-5-7-26(8-6-15)19-22-18(14-21-23-19)25-11-9-24(10-12-25)17-4-2-3-16(20)13-17/h2-4,13-15H,5-12H2,1H3. The number of piperazine rings is 1. The summed E-state index contributed by atoms with van der Waals surface area (Å²) in [5, 5.41) is 9.27. The Bertz CT molecular complexity index is 738. The van der Waals surface area contributed by atoms with Gasteiger partial charge in [-0.15, -0.1) is 5.10 Å². The smallest absolute Gasteiger partial charge is 0.247 e. The van der Waals surface area contributed by atoms with Crippen molar-refractivity contribution in [1.82, 2.24) is 15.2 Å². The summed E-state index contributed by atoms with van der Waals surface area (Å²) in [6.07, 6.45) is 4.18. The van der Waals surface area contributed by atoms with Crippen molar-refractivity contribution in [1.29, 1.82) is 0 Å². The minimum Gasteiger partial charge on any atom is -0.368 e. The molecule has 0 amide bonds. The highest BCUT2D eigenvalue weighted by atomic mass is 35.5. The summed E-state index contributed by atoms with van der Waals surface area (Å²) < 4.78 is 0. The van der Waals surface area contributed by atoms with Crippen LogP contribution in [0.4, 0.5) is 17.5 Å². The Morgan fingerprint density at radius 2 is 1.69 bits per heavy atom. The third kappa shape index (κ3) is 3.85. The van der Waals surface area contributed by atoms with Gasteiger partial charge in [0.1, 0.15) is 0 Å². The number of benzene rings is 1. The van der Waals surface area contributed by atoms with Gasteiger partial charge in [-0.05, 0) is 37.0 Å². The van der Waals surface area contributed by atoms with Gasteiger partial charge in [-0.1, -0.05) is 24.6 Å². The fraction of sp³-hybridized carbons (Fsp3) is 0.526. The number of anilines is 3. The molecule has 0 unspecified atom stereocenters. The van der Waals surface area contributed by atoms with E-state index in [0.717, 1.165) is 62.0 Å². The second-order valence-electron chi connectivity index (χ2n) is 7.24. The van der Waals surface area contributed by atoms with Crippen molar-refractivity contribution in [3.63, 3.8) is 0 Å². The Morgan fingerprint density at radius 1 is 0.962 bits per heavy atom. The van der Waals surface area contributed by atoms with E-state index in [-0.39, 0.29) is 0 Å². The van der Waals surface area contributed by atoms with Crippen molar-refractivity contribution < 1.29 is 0 Å². The molecule has 1 aromatic carbocycles. The number of hydrogen-bond donors (Lipinski definition) is 0. The summed E-state index contributed by atoms with van der Waals surface area (Å²) in [5.74, 6) is 2.49.